The Hall–Kier alpha value is -0.840. The molecule has 1 atom stereocenters. The van der Waals surface area contributed by atoms with E-state index in [1.807, 2.05) is 0 Å². The predicted molar refractivity (Wildman–Crippen MR) is 74.3 cm³/mol. The number of halogens is 1. The van der Waals surface area contributed by atoms with Crippen LogP contribution in [0.3, 0.4) is 0 Å². The highest BCUT2D eigenvalue weighted by atomic mass is 35.5. The van der Waals surface area contributed by atoms with Gasteiger partial charge in [-0.05, 0) is 24.6 Å². The Kier molecular flexibility index (Phi) is 4.80. The summed E-state index contributed by atoms with van der Waals surface area (Å²) in [6.45, 7) is 5.41. The third-order valence-corrected chi connectivity index (χ3v) is 3.64. The Balaban J connectivity index is 2.12. The van der Waals surface area contributed by atoms with Gasteiger partial charge in [0, 0.05) is 26.4 Å². The van der Waals surface area contributed by atoms with Crippen LogP contribution in [0.5, 0.6) is 0 Å². The maximum absolute atomic E-state index is 6.15. The Morgan fingerprint density at radius 2 is 2.44 bits per heavy atom. The number of ether oxygens (including phenoxy) is 1. The molecule has 1 fully saturated rings. The topological polar surface area (TPSA) is 37.4 Å². The molecule has 1 saturated heterocycles. The van der Waals surface area contributed by atoms with Crippen LogP contribution >= 0.6 is 11.6 Å². The van der Waals surface area contributed by atoms with Crippen LogP contribution in [-0.2, 0) is 11.3 Å². The van der Waals surface area contributed by atoms with Gasteiger partial charge in [0.05, 0.1) is 17.7 Å². The molecule has 0 aromatic carbocycles. The zero-order valence-electron chi connectivity index (χ0n) is 10.9. The van der Waals surface area contributed by atoms with Crippen molar-refractivity contribution in [1.29, 1.82) is 0 Å². The van der Waals surface area contributed by atoms with E-state index in [2.05, 4.69) is 35.2 Å². The first-order valence-electron chi connectivity index (χ1n) is 6.38. The molecule has 100 valence electrons. The lowest BCUT2D eigenvalue weighted by molar-refractivity contribution is 0.193. The third kappa shape index (κ3) is 3.13. The minimum atomic E-state index is 0.422. The minimum Gasteiger partial charge on any atom is -0.379 e. The van der Waals surface area contributed by atoms with Gasteiger partial charge in [0.1, 0.15) is 5.82 Å². The average molecular weight is 270 g/mol. The summed E-state index contributed by atoms with van der Waals surface area (Å²) in [6.07, 6.45) is 2.79. The van der Waals surface area contributed by atoms with Gasteiger partial charge in [0.15, 0.2) is 0 Å². The number of anilines is 1. The molecular formula is C13H20ClN3O. The van der Waals surface area contributed by atoms with Crippen molar-refractivity contribution in [3.63, 3.8) is 0 Å². The van der Waals surface area contributed by atoms with E-state index in [0.29, 0.717) is 6.04 Å². The van der Waals surface area contributed by atoms with Crippen LogP contribution in [0.2, 0.25) is 5.02 Å². The average Bonchev–Trinajstić information content (AvgIpc) is 2.91. The summed E-state index contributed by atoms with van der Waals surface area (Å²) in [7, 11) is 2.06. The van der Waals surface area contributed by atoms with Crippen LogP contribution in [0.25, 0.3) is 0 Å². The first-order valence-corrected chi connectivity index (χ1v) is 6.76. The number of nitrogens with zero attached hydrogens (tertiary/aromatic N) is 2. The molecule has 0 aliphatic carbocycles. The van der Waals surface area contributed by atoms with Crippen molar-refractivity contribution < 1.29 is 4.74 Å². The number of likely N-dealkylation sites (N-methyl/N-ethyl adjacent to an activating group) is 1. The lowest BCUT2D eigenvalue weighted by Crippen LogP contribution is -2.32. The van der Waals surface area contributed by atoms with Crippen molar-refractivity contribution in [2.75, 3.05) is 31.7 Å². The number of hydrogen-bond acceptors (Lipinski definition) is 4. The van der Waals surface area contributed by atoms with Gasteiger partial charge in [-0.25, -0.2) is 4.98 Å². The fourth-order valence-electron chi connectivity index (χ4n) is 2.07. The molecule has 1 aliphatic rings. The van der Waals surface area contributed by atoms with Crippen LogP contribution in [0, 0.1) is 0 Å². The van der Waals surface area contributed by atoms with E-state index in [4.69, 9.17) is 16.3 Å². The highest BCUT2D eigenvalue weighted by molar-refractivity contribution is 6.31. The van der Waals surface area contributed by atoms with Crippen molar-refractivity contribution in [3.05, 3.63) is 22.8 Å². The molecule has 2 rings (SSSR count). The molecular weight excluding hydrogens is 250 g/mol. The summed E-state index contributed by atoms with van der Waals surface area (Å²) in [5.74, 6) is 0.961. The van der Waals surface area contributed by atoms with Gasteiger partial charge < -0.3 is 15.0 Å². The fraction of sp³-hybridized carbons (Fsp3) is 0.615. The van der Waals surface area contributed by atoms with Gasteiger partial charge >= 0.3 is 0 Å². The normalized spacial score (nSPS) is 19.2. The van der Waals surface area contributed by atoms with Crippen LogP contribution in [0.4, 0.5) is 5.82 Å². The highest BCUT2D eigenvalue weighted by Crippen LogP contribution is 2.23. The maximum Gasteiger partial charge on any atom is 0.128 e. The maximum atomic E-state index is 6.15. The highest BCUT2D eigenvalue weighted by Gasteiger charge is 2.21. The predicted octanol–water partition coefficient (Wildman–Crippen LogP) is 2.07. The van der Waals surface area contributed by atoms with Crippen molar-refractivity contribution in [1.82, 2.24) is 10.3 Å². The van der Waals surface area contributed by atoms with Gasteiger partial charge in [-0.1, -0.05) is 18.5 Å². The van der Waals surface area contributed by atoms with Gasteiger partial charge in [0.2, 0.25) is 0 Å². The van der Waals surface area contributed by atoms with Gasteiger partial charge in [-0.15, -0.1) is 0 Å². The van der Waals surface area contributed by atoms with E-state index in [1.165, 1.54) is 0 Å². The number of hydrogen-bond donors (Lipinski definition) is 1. The van der Waals surface area contributed by atoms with E-state index in [1.54, 1.807) is 6.20 Å². The smallest absolute Gasteiger partial charge is 0.128 e. The fourth-order valence-corrected chi connectivity index (χ4v) is 2.24. The standard InChI is InChI=1S/C13H20ClN3O/c1-3-15-7-10-6-13(16-8-12(10)14)17(2)11-4-5-18-9-11/h6,8,11,15H,3-5,7,9H2,1-2H3. The lowest BCUT2D eigenvalue weighted by Gasteiger charge is -2.24. The Morgan fingerprint density at radius 3 is 3.11 bits per heavy atom. The lowest BCUT2D eigenvalue weighted by atomic mass is 10.2. The molecule has 5 heteroatoms. The summed E-state index contributed by atoms with van der Waals surface area (Å²) in [5.41, 5.74) is 1.09. The summed E-state index contributed by atoms with van der Waals surface area (Å²) in [5, 5.41) is 4.00. The first-order chi connectivity index (χ1) is 8.72. The quantitative estimate of drug-likeness (QED) is 0.888. The van der Waals surface area contributed by atoms with E-state index in [9.17, 15) is 0 Å². The molecule has 0 bridgehead atoms. The number of pyridine rings is 1. The third-order valence-electron chi connectivity index (χ3n) is 3.30. The molecule has 18 heavy (non-hydrogen) atoms. The minimum absolute atomic E-state index is 0.422. The first kappa shape index (κ1) is 13.6. The molecule has 0 saturated carbocycles. The Bertz CT molecular complexity index is 394. The second-order valence-corrected chi connectivity index (χ2v) is 4.95. The van der Waals surface area contributed by atoms with Crippen molar-refractivity contribution in [3.8, 4) is 0 Å². The van der Waals surface area contributed by atoms with E-state index in [-0.39, 0.29) is 0 Å². The zero-order chi connectivity index (χ0) is 13.0. The molecule has 1 aromatic rings. The summed E-state index contributed by atoms with van der Waals surface area (Å²) < 4.78 is 5.41. The molecule has 2 heterocycles. The summed E-state index contributed by atoms with van der Waals surface area (Å²) >= 11 is 6.15. The number of nitrogens with one attached hydrogen (secondary N) is 1. The van der Waals surface area contributed by atoms with Crippen molar-refractivity contribution in [2.45, 2.75) is 25.9 Å². The number of aromatic nitrogens is 1. The van der Waals surface area contributed by atoms with E-state index >= 15 is 0 Å². The molecule has 1 aromatic heterocycles. The molecule has 0 radical (unpaired) electrons. The number of rotatable bonds is 5. The van der Waals surface area contributed by atoms with E-state index < -0.39 is 0 Å². The molecule has 0 spiro atoms. The molecule has 0 amide bonds. The summed E-state index contributed by atoms with van der Waals surface area (Å²) in [6, 6.07) is 2.48. The van der Waals surface area contributed by atoms with Crippen LogP contribution < -0.4 is 10.2 Å². The molecule has 1 unspecified atom stereocenters. The van der Waals surface area contributed by atoms with Crippen LogP contribution in [0.1, 0.15) is 18.9 Å². The van der Waals surface area contributed by atoms with Gasteiger partial charge in [-0.2, -0.15) is 0 Å². The SMILES string of the molecule is CCNCc1cc(N(C)C2CCOC2)ncc1Cl. The van der Waals surface area contributed by atoms with Crippen molar-refractivity contribution >= 4 is 17.4 Å². The van der Waals surface area contributed by atoms with Gasteiger partial charge in [0.25, 0.3) is 0 Å². The molecule has 1 N–H and O–H groups in total. The second kappa shape index (κ2) is 6.36. The van der Waals surface area contributed by atoms with Crippen LogP contribution in [-0.4, -0.2) is 37.8 Å². The van der Waals surface area contributed by atoms with Crippen LogP contribution in [0.15, 0.2) is 12.3 Å². The zero-order valence-corrected chi connectivity index (χ0v) is 11.7. The second-order valence-electron chi connectivity index (χ2n) is 4.54. The van der Waals surface area contributed by atoms with Gasteiger partial charge in [-0.3, -0.25) is 0 Å². The van der Waals surface area contributed by atoms with Crippen molar-refractivity contribution in [2.24, 2.45) is 0 Å². The molecule has 4 nitrogen and oxygen atoms in total. The molecule has 1 aliphatic heterocycles. The largest absolute Gasteiger partial charge is 0.379 e. The monoisotopic (exact) mass is 269 g/mol. The summed E-state index contributed by atoms with van der Waals surface area (Å²) in [4.78, 5) is 6.58. The Labute approximate surface area is 113 Å². The Morgan fingerprint density at radius 1 is 1.61 bits per heavy atom. The van der Waals surface area contributed by atoms with E-state index in [0.717, 1.165) is 49.1 Å².